The highest BCUT2D eigenvalue weighted by Gasteiger charge is 2.32. The Labute approximate surface area is 151 Å². The summed E-state index contributed by atoms with van der Waals surface area (Å²) in [5, 5.41) is 11.9. The number of carbonyl (C=O) groups is 3. The van der Waals surface area contributed by atoms with Crippen molar-refractivity contribution in [2.24, 2.45) is 0 Å². The molecular formula is C19H19N3O4. The average Bonchev–Trinajstić information content (AvgIpc) is 2.91. The molecule has 0 aromatic heterocycles. The van der Waals surface area contributed by atoms with E-state index in [1.165, 1.54) is 14.9 Å². The highest BCUT2D eigenvalue weighted by atomic mass is 16.4. The molecule has 0 saturated carbocycles. The fourth-order valence-electron chi connectivity index (χ4n) is 2.86. The number of benzene rings is 2. The fraction of sp³-hybridized carbons (Fsp3) is 0.211. The number of amides is 3. The fourth-order valence-corrected chi connectivity index (χ4v) is 2.86. The average molecular weight is 353 g/mol. The van der Waals surface area contributed by atoms with Crippen LogP contribution in [0.25, 0.3) is 0 Å². The number of rotatable bonds is 2. The highest BCUT2D eigenvalue weighted by Crippen LogP contribution is 2.15. The van der Waals surface area contributed by atoms with Crippen LogP contribution in [0.5, 0.6) is 0 Å². The summed E-state index contributed by atoms with van der Waals surface area (Å²) < 4.78 is 0. The molecule has 0 radical (unpaired) electrons. The molecule has 7 nitrogen and oxygen atoms in total. The molecule has 0 bridgehead atoms. The Bertz CT molecular complexity index is 733. The number of hydrogen-bond donors (Lipinski definition) is 1. The van der Waals surface area contributed by atoms with Gasteiger partial charge in [-0.3, -0.25) is 9.59 Å². The van der Waals surface area contributed by atoms with Gasteiger partial charge in [-0.15, -0.1) is 0 Å². The van der Waals surface area contributed by atoms with Gasteiger partial charge in [0, 0.05) is 24.2 Å². The topological polar surface area (TPSA) is 81.2 Å². The predicted octanol–water partition coefficient (Wildman–Crippen LogP) is 2.18. The summed E-state index contributed by atoms with van der Waals surface area (Å²) in [6.07, 6.45) is -1.06. The van der Waals surface area contributed by atoms with Crippen LogP contribution >= 0.6 is 0 Å². The highest BCUT2D eigenvalue weighted by molar-refractivity contribution is 5.99. The van der Waals surface area contributed by atoms with Gasteiger partial charge in [0.1, 0.15) is 0 Å². The number of carbonyl (C=O) groups excluding carboxylic acids is 2. The molecule has 0 aliphatic carbocycles. The largest absolute Gasteiger partial charge is 0.465 e. The molecule has 26 heavy (non-hydrogen) atoms. The molecule has 0 atom stereocenters. The minimum atomic E-state index is -1.06. The summed E-state index contributed by atoms with van der Waals surface area (Å²) in [6, 6.07) is 17.3. The van der Waals surface area contributed by atoms with Crippen molar-refractivity contribution in [2.75, 3.05) is 26.2 Å². The molecule has 0 spiro atoms. The first-order valence-corrected chi connectivity index (χ1v) is 8.29. The third kappa shape index (κ3) is 3.66. The molecule has 1 fully saturated rings. The SMILES string of the molecule is O=C(O)N1CCN(C(=O)c2ccccc2)N(C(=O)c2ccccc2)CC1. The summed E-state index contributed by atoms with van der Waals surface area (Å²) in [5.41, 5.74) is 0.893. The second kappa shape index (κ2) is 7.69. The summed E-state index contributed by atoms with van der Waals surface area (Å²) in [5.74, 6) is -0.663. The van der Waals surface area contributed by atoms with Gasteiger partial charge < -0.3 is 10.0 Å². The van der Waals surface area contributed by atoms with E-state index >= 15 is 0 Å². The monoisotopic (exact) mass is 353 g/mol. The van der Waals surface area contributed by atoms with Gasteiger partial charge in [0.2, 0.25) is 0 Å². The molecule has 3 amide bonds. The maximum atomic E-state index is 12.9. The Hall–Kier alpha value is -3.35. The first kappa shape index (κ1) is 17.5. The first-order chi connectivity index (χ1) is 12.6. The lowest BCUT2D eigenvalue weighted by molar-refractivity contribution is 0.00286. The smallest absolute Gasteiger partial charge is 0.407 e. The van der Waals surface area contributed by atoms with Crippen molar-refractivity contribution in [3.05, 3.63) is 71.8 Å². The van der Waals surface area contributed by atoms with Crippen molar-refractivity contribution in [1.82, 2.24) is 14.9 Å². The standard InChI is InChI=1S/C19H19N3O4/c23-17(15-7-3-1-4-8-15)21-13-11-20(19(25)26)12-14-22(21)18(24)16-9-5-2-6-10-16/h1-10H,11-14H2,(H,25,26). The van der Waals surface area contributed by atoms with Gasteiger partial charge in [0.15, 0.2) is 0 Å². The maximum absolute atomic E-state index is 12.9. The normalized spacial score (nSPS) is 14.7. The zero-order chi connectivity index (χ0) is 18.5. The minimum Gasteiger partial charge on any atom is -0.465 e. The van der Waals surface area contributed by atoms with E-state index in [9.17, 15) is 19.5 Å². The van der Waals surface area contributed by atoms with Gasteiger partial charge >= 0.3 is 6.09 Å². The molecule has 1 heterocycles. The Morgan fingerprint density at radius 1 is 0.654 bits per heavy atom. The van der Waals surface area contributed by atoms with Crippen molar-refractivity contribution in [3.63, 3.8) is 0 Å². The van der Waals surface area contributed by atoms with Crippen molar-refractivity contribution in [3.8, 4) is 0 Å². The van der Waals surface area contributed by atoms with E-state index < -0.39 is 6.09 Å². The Morgan fingerprint density at radius 3 is 1.38 bits per heavy atom. The van der Waals surface area contributed by atoms with Crippen LogP contribution in [-0.2, 0) is 0 Å². The summed E-state index contributed by atoms with van der Waals surface area (Å²) in [7, 11) is 0. The lowest BCUT2D eigenvalue weighted by Gasteiger charge is -2.32. The van der Waals surface area contributed by atoms with E-state index in [1.807, 2.05) is 0 Å². The second-order valence-corrected chi connectivity index (χ2v) is 5.86. The van der Waals surface area contributed by atoms with Crippen molar-refractivity contribution < 1.29 is 19.5 Å². The molecule has 3 rings (SSSR count). The predicted molar refractivity (Wildman–Crippen MR) is 94.6 cm³/mol. The molecule has 134 valence electrons. The van der Waals surface area contributed by atoms with Crippen LogP contribution in [0.1, 0.15) is 20.7 Å². The molecule has 1 saturated heterocycles. The number of carboxylic acid groups (broad SMARTS) is 1. The van der Waals surface area contributed by atoms with Crippen LogP contribution in [-0.4, -0.2) is 64.1 Å². The maximum Gasteiger partial charge on any atom is 0.407 e. The number of hydrogen-bond acceptors (Lipinski definition) is 3. The zero-order valence-corrected chi connectivity index (χ0v) is 14.1. The lowest BCUT2D eigenvalue weighted by Crippen LogP contribution is -2.50. The van der Waals surface area contributed by atoms with E-state index in [4.69, 9.17) is 0 Å². The van der Waals surface area contributed by atoms with E-state index in [0.717, 1.165) is 0 Å². The van der Waals surface area contributed by atoms with Crippen LogP contribution in [0.3, 0.4) is 0 Å². The Kier molecular flexibility index (Phi) is 5.17. The Morgan fingerprint density at radius 2 is 1.04 bits per heavy atom. The van der Waals surface area contributed by atoms with Crippen LogP contribution in [0.15, 0.2) is 60.7 Å². The number of hydrazine groups is 1. The van der Waals surface area contributed by atoms with Gasteiger partial charge in [-0.05, 0) is 24.3 Å². The number of nitrogens with zero attached hydrogens (tertiary/aromatic N) is 3. The summed E-state index contributed by atoms with van der Waals surface area (Å²) in [4.78, 5) is 38.4. The molecular weight excluding hydrogens is 334 g/mol. The Balaban J connectivity index is 1.92. The quantitative estimate of drug-likeness (QED) is 0.897. The first-order valence-electron chi connectivity index (χ1n) is 8.29. The van der Waals surface area contributed by atoms with E-state index in [-0.39, 0.29) is 38.0 Å². The summed E-state index contributed by atoms with van der Waals surface area (Å²) in [6.45, 7) is 0.510. The molecule has 7 heteroatoms. The van der Waals surface area contributed by atoms with Gasteiger partial charge in [-0.2, -0.15) is 0 Å². The van der Waals surface area contributed by atoms with Gasteiger partial charge in [0.25, 0.3) is 11.8 Å². The van der Waals surface area contributed by atoms with Crippen LogP contribution < -0.4 is 0 Å². The van der Waals surface area contributed by atoms with Gasteiger partial charge in [-0.1, -0.05) is 36.4 Å². The molecule has 1 aliphatic heterocycles. The second-order valence-electron chi connectivity index (χ2n) is 5.86. The van der Waals surface area contributed by atoms with E-state index in [0.29, 0.717) is 11.1 Å². The van der Waals surface area contributed by atoms with E-state index in [2.05, 4.69) is 0 Å². The van der Waals surface area contributed by atoms with Gasteiger partial charge in [-0.25, -0.2) is 14.8 Å². The van der Waals surface area contributed by atoms with Crippen molar-refractivity contribution in [2.45, 2.75) is 0 Å². The van der Waals surface area contributed by atoms with Crippen LogP contribution in [0, 0.1) is 0 Å². The molecule has 1 N–H and O–H groups in total. The lowest BCUT2D eigenvalue weighted by atomic mass is 10.2. The van der Waals surface area contributed by atoms with Crippen LogP contribution in [0.4, 0.5) is 4.79 Å². The molecule has 0 unspecified atom stereocenters. The molecule has 2 aromatic rings. The van der Waals surface area contributed by atoms with Crippen molar-refractivity contribution >= 4 is 17.9 Å². The van der Waals surface area contributed by atoms with E-state index in [1.54, 1.807) is 60.7 Å². The van der Waals surface area contributed by atoms with Gasteiger partial charge in [0.05, 0.1) is 13.1 Å². The zero-order valence-electron chi connectivity index (χ0n) is 14.1. The third-order valence-corrected chi connectivity index (χ3v) is 4.24. The van der Waals surface area contributed by atoms with Crippen molar-refractivity contribution in [1.29, 1.82) is 0 Å². The third-order valence-electron chi connectivity index (χ3n) is 4.24. The molecule has 1 aliphatic rings. The van der Waals surface area contributed by atoms with Crippen LogP contribution in [0.2, 0.25) is 0 Å². The minimum absolute atomic E-state index is 0.110. The molecule has 2 aromatic carbocycles. The summed E-state index contributed by atoms with van der Waals surface area (Å²) >= 11 is 0.